The van der Waals surface area contributed by atoms with E-state index in [1.54, 1.807) is 30.4 Å². The van der Waals surface area contributed by atoms with E-state index < -0.39 is 11.0 Å². The summed E-state index contributed by atoms with van der Waals surface area (Å²) in [7, 11) is 3.90. The summed E-state index contributed by atoms with van der Waals surface area (Å²) in [4.78, 5) is 15.0. The van der Waals surface area contributed by atoms with Crippen molar-refractivity contribution in [2.75, 3.05) is 41.0 Å². The Morgan fingerprint density at radius 1 is 1.00 bits per heavy atom. The zero-order valence-corrected chi connectivity index (χ0v) is 26.7. The fraction of sp³-hybridized carbons (Fsp3) is 0.594. The highest BCUT2D eigenvalue weighted by Crippen LogP contribution is 2.26. The molecule has 0 aromatic heterocycles. The van der Waals surface area contributed by atoms with Crippen LogP contribution in [0.25, 0.3) is 0 Å². The lowest BCUT2D eigenvalue weighted by molar-refractivity contribution is -0.135. The van der Waals surface area contributed by atoms with Crippen LogP contribution in [0.15, 0.2) is 41.3 Å². The van der Waals surface area contributed by atoms with Crippen LogP contribution < -0.4 is 10.1 Å². The van der Waals surface area contributed by atoms with Crippen LogP contribution in [-0.4, -0.2) is 66.3 Å². The molecule has 2 aromatic rings. The van der Waals surface area contributed by atoms with Crippen molar-refractivity contribution in [3.63, 3.8) is 0 Å². The molecule has 0 heterocycles. The number of nitrogens with one attached hydrogen (secondary N) is 1. The highest BCUT2D eigenvalue weighted by molar-refractivity contribution is 7.82. The molecule has 1 unspecified atom stereocenters. The van der Waals surface area contributed by atoms with Crippen molar-refractivity contribution in [2.24, 2.45) is 5.92 Å². The van der Waals surface area contributed by atoms with E-state index in [2.05, 4.69) is 36.5 Å². The van der Waals surface area contributed by atoms with E-state index >= 15 is 0 Å². The number of benzene rings is 2. The Hall–Kier alpha value is -2.26. The van der Waals surface area contributed by atoms with Crippen LogP contribution in [0, 0.1) is 19.8 Å². The zero-order chi connectivity index (χ0) is 29.7. The molecule has 1 fully saturated rings. The van der Waals surface area contributed by atoms with Gasteiger partial charge in [-0.25, -0.2) is 8.51 Å². The van der Waals surface area contributed by atoms with Gasteiger partial charge in [-0.2, -0.15) is 0 Å². The number of ether oxygens (including phenoxy) is 2. The number of hydrogen-bond donors (Lipinski definition) is 1. The number of aryl methyl sites for hydroxylation is 2. The molecule has 1 amide bonds. The molecule has 40 heavy (non-hydrogen) atoms. The van der Waals surface area contributed by atoms with E-state index in [9.17, 15) is 9.00 Å². The number of carbonyl (C=O) groups is 1. The molecule has 0 spiro atoms. The summed E-state index contributed by atoms with van der Waals surface area (Å²) in [5.74, 6) is 1.54. The summed E-state index contributed by atoms with van der Waals surface area (Å²) >= 11 is 0. The van der Waals surface area contributed by atoms with Gasteiger partial charge in [-0.05, 0) is 79.8 Å². The Kier molecular flexibility index (Phi) is 14.9. The fourth-order valence-electron chi connectivity index (χ4n) is 4.86. The van der Waals surface area contributed by atoms with E-state index in [1.807, 2.05) is 39.8 Å². The Balaban J connectivity index is 0.00000274. The number of nitrogens with zero attached hydrogens (tertiary/aromatic N) is 2. The Bertz CT molecular complexity index is 1050. The van der Waals surface area contributed by atoms with Crippen LogP contribution in [0.5, 0.6) is 5.75 Å². The third-order valence-electron chi connectivity index (χ3n) is 7.38. The third-order valence-corrected chi connectivity index (χ3v) is 9.12. The van der Waals surface area contributed by atoms with Crippen LogP contribution >= 0.6 is 0 Å². The minimum absolute atomic E-state index is 0.000421. The smallest absolute Gasteiger partial charge is 0.248 e. The van der Waals surface area contributed by atoms with Crippen molar-refractivity contribution >= 4 is 16.9 Å². The number of likely N-dealkylation sites (N-methyl/N-ethyl adjacent to an activating group) is 2. The second-order valence-corrected chi connectivity index (χ2v) is 12.2. The molecular formula is C32H51N3O4S. The Morgan fingerprint density at radius 2 is 1.57 bits per heavy atom. The molecule has 7 nitrogen and oxygen atoms in total. The molecule has 8 heteroatoms. The number of methoxy groups -OCH3 is 1. The molecular weight excluding hydrogens is 522 g/mol. The lowest BCUT2D eigenvalue weighted by Gasteiger charge is -2.27. The number of hydrogen-bond acceptors (Lipinski definition) is 5. The minimum Gasteiger partial charge on any atom is -0.497 e. The number of carbonyl (C=O) groups excluding carboxylic acids is 1. The predicted molar refractivity (Wildman–Crippen MR) is 165 cm³/mol. The molecule has 0 bridgehead atoms. The van der Waals surface area contributed by atoms with Gasteiger partial charge in [-0.3, -0.25) is 4.79 Å². The molecule has 1 aliphatic rings. The maximum Gasteiger partial charge on any atom is 0.248 e. The first kappa shape index (κ1) is 33.9. The molecule has 3 rings (SSSR count). The summed E-state index contributed by atoms with van der Waals surface area (Å²) in [6, 6.07) is 12.9. The van der Waals surface area contributed by atoms with Gasteiger partial charge in [0.15, 0.2) is 0 Å². The average molecular weight is 574 g/mol. The molecule has 0 aliphatic heterocycles. The first-order valence-electron chi connectivity index (χ1n) is 14.6. The molecule has 1 atom stereocenters. The van der Waals surface area contributed by atoms with Crippen molar-refractivity contribution in [2.45, 2.75) is 84.3 Å². The molecule has 1 N–H and O–H groups in total. The third kappa shape index (κ3) is 10.6. The lowest BCUT2D eigenvalue weighted by Crippen LogP contribution is -2.32. The van der Waals surface area contributed by atoms with Gasteiger partial charge in [-0.15, -0.1) is 0 Å². The number of amides is 1. The standard InChI is InChI=1S/C30H45N3O4S.C2H6/c1-22-7-13-27(14-8-22)31-19-25-9-11-26(12-10-25)20-32(4)29(34)21-37-16-15-33(5)38(35)30-23(2)17-28(36-6)18-24(30)3;1-2/h9-12,17-18,22,27,31H,7-8,13-16,19-21H2,1-6H3;1-2H3. The van der Waals surface area contributed by atoms with Crippen LogP contribution in [0.2, 0.25) is 0 Å². The normalized spacial score (nSPS) is 17.6. The molecule has 1 saturated carbocycles. The van der Waals surface area contributed by atoms with Gasteiger partial charge in [-0.1, -0.05) is 45.0 Å². The molecule has 1 aliphatic carbocycles. The van der Waals surface area contributed by atoms with Gasteiger partial charge in [0.1, 0.15) is 23.3 Å². The van der Waals surface area contributed by atoms with Crippen LogP contribution in [-0.2, 0) is 33.6 Å². The van der Waals surface area contributed by atoms with E-state index in [-0.39, 0.29) is 12.5 Å². The van der Waals surface area contributed by atoms with E-state index in [0.717, 1.165) is 39.8 Å². The van der Waals surface area contributed by atoms with Gasteiger partial charge in [0.2, 0.25) is 5.91 Å². The average Bonchev–Trinajstić information content (AvgIpc) is 2.96. The predicted octanol–water partition coefficient (Wildman–Crippen LogP) is 5.64. The van der Waals surface area contributed by atoms with Crippen LogP contribution in [0.4, 0.5) is 0 Å². The quantitative estimate of drug-likeness (QED) is 0.314. The second-order valence-electron chi connectivity index (χ2n) is 10.6. The Labute approximate surface area is 245 Å². The summed E-state index contributed by atoms with van der Waals surface area (Å²) in [5, 5.41) is 3.69. The Morgan fingerprint density at radius 3 is 2.15 bits per heavy atom. The zero-order valence-electron chi connectivity index (χ0n) is 25.9. The largest absolute Gasteiger partial charge is 0.497 e. The lowest BCUT2D eigenvalue weighted by atomic mass is 9.87. The van der Waals surface area contributed by atoms with Gasteiger partial charge in [0.05, 0.1) is 18.6 Å². The molecule has 224 valence electrons. The SMILES string of the molecule is CC.COc1cc(C)c(S(=O)N(C)CCOCC(=O)N(C)Cc2ccc(CNC3CCC(C)CC3)cc2)c(C)c1. The summed E-state index contributed by atoms with van der Waals surface area (Å²) < 4.78 is 25.7. The van der Waals surface area contributed by atoms with Crippen molar-refractivity contribution in [1.82, 2.24) is 14.5 Å². The van der Waals surface area contributed by atoms with E-state index in [1.165, 1.54) is 31.2 Å². The van der Waals surface area contributed by atoms with Crippen molar-refractivity contribution in [3.05, 3.63) is 58.7 Å². The monoisotopic (exact) mass is 573 g/mol. The second kappa shape index (κ2) is 17.5. The fourth-order valence-corrected chi connectivity index (χ4v) is 6.08. The molecule has 0 saturated heterocycles. The van der Waals surface area contributed by atoms with Crippen molar-refractivity contribution < 1.29 is 18.5 Å². The van der Waals surface area contributed by atoms with Crippen molar-refractivity contribution in [3.8, 4) is 5.75 Å². The first-order valence-corrected chi connectivity index (χ1v) is 15.7. The summed E-state index contributed by atoms with van der Waals surface area (Å²) in [5.41, 5.74) is 4.21. The maximum atomic E-state index is 13.0. The van der Waals surface area contributed by atoms with Crippen LogP contribution in [0.1, 0.15) is 68.7 Å². The van der Waals surface area contributed by atoms with Gasteiger partial charge in [0.25, 0.3) is 0 Å². The highest BCUT2D eigenvalue weighted by Gasteiger charge is 2.18. The first-order chi connectivity index (χ1) is 19.2. The topological polar surface area (TPSA) is 71.1 Å². The van der Waals surface area contributed by atoms with Gasteiger partial charge >= 0.3 is 0 Å². The van der Waals surface area contributed by atoms with Crippen molar-refractivity contribution in [1.29, 1.82) is 0 Å². The van der Waals surface area contributed by atoms with Crippen LogP contribution in [0.3, 0.4) is 0 Å². The van der Waals surface area contributed by atoms with Gasteiger partial charge < -0.3 is 19.7 Å². The van der Waals surface area contributed by atoms with E-state index in [0.29, 0.717) is 25.7 Å². The minimum atomic E-state index is -1.32. The molecule has 2 aromatic carbocycles. The summed E-state index contributed by atoms with van der Waals surface area (Å²) in [6.07, 6.45) is 5.18. The maximum absolute atomic E-state index is 13.0. The summed E-state index contributed by atoms with van der Waals surface area (Å²) in [6.45, 7) is 12.4. The number of rotatable bonds is 13. The molecule has 0 radical (unpaired) electrons. The van der Waals surface area contributed by atoms with E-state index in [4.69, 9.17) is 9.47 Å². The highest BCUT2D eigenvalue weighted by atomic mass is 32.2. The van der Waals surface area contributed by atoms with Gasteiger partial charge in [0, 0.05) is 39.8 Å².